The molecule has 2 rings (SSSR count). The highest BCUT2D eigenvalue weighted by molar-refractivity contribution is 7.09. The van der Waals surface area contributed by atoms with E-state index in [9.17, 15) is 0 Å². The second kappa shape index (κ2) is 6.37. The monoisotopic (exact) mass is 247 g/mol. The standard InChI is InChI=1S/C13H17N3S/c14-12-3-1-11(2-4-12)5-7-15-8-6-13-16-9-10-17-13/h1-4,9-10,15H,5-8,14H2. The van der Waals surface area contributed by atoms with Crippen LogP contribution >= 0.6 is 11.3 Å². The number of nitrogens with one attached hydrogen (secondary N) is 1. The summed E-state index contributed by atoms with van der Waals surface area (Å²) >= 11 is 1.71. The molecule has 3 nitrogen and oxygen atoms in total. The van der Waals surface area contributed by atoms with Gasteiger partial charge in [0, 0.05) is 30.2 Å². The molecule has 0 amide bonds. The van der Waals surface area contributed by atoms with E-state index in [4.69, 9.17) is 5.73 Å². The molecule has 0 atom stereocenters. The molecule has 4 heteroatoms. The van der Waals surface area contributed by atoms with Crippen molar-refractivity contribution in [1.29, 1.82) is 0 Å². The summed E-state index contributed by atoms with van der Waals surface area (Å²) < 4.78 is 0. The zero-order chi connectivity index (χ0) is 11.9. The molecule has 0 radical (unpaired) electrons. The Bertz CT molecular complexity index is 422. The molecule has 0 aliphatic heterocycles. The molecule has 1 aromatic carbocycles. The van der Waals surface area contributed by atoms with E-state index in [1.165, 1.54) is 10.6 Å². The average Bonchev–Trinajstić information content (AvgIpc) is 2.84. The van der Waals surface area contributed by atoms with Gasteiger partial charge in [0.05, 0.1) is 5.01 Å². The van der Waals surface area contributed by atoms with Gasteiger partial charge in [0.25, 0.3) is 0 Å². The highest BCUT2D eigenvalue weighted by atomic mass is 32.1. The molecule has 3 N–H and O–H groups in total. The van der Waals surface area contributed by atoms with E-state index in [-0.39, 0.29) is 0 Å². The normalized spacial score (nSPS) is 10.6. The second-order valence-electron chi connectivity index (χ2n) is 3.92. The van der Waals surface area contributed by atoms with Crippen LogP contribution < -0.4 is 11.1 Å². The Morgan fingerprint density at radius 2 is 1.88 bits per heavy atom. The number of benzene rings is 1. The Hall–Kier alpha value is -1.39. The zero-order valence-corrected chi connectivity index (χ0v) is 10.5. The first-order valence-corrected chi connectivity index (χ1v) is 6.66. The maximum absolute atomic E-state index is 5.64. The Labute approximate surface area is 106 Å². The second-order valence-corrected chi connectivity index (χ2v) is 4.90. The molecule has 0 spiro atoms. The number of nitrogens with two attached hydrogens (primary N) is 1. The van der Waals surface area contributed by atoms with Crippen LogP contribution in [0.3, 0.4) is 0 Å². The fraction of sp³-hybridized carbons (Fsp3) is 0.308. The summed E-state index contributed by atoms with van der Waals surface area (Å²) in [7, 11) is 0. The Morgan fingerprint density at radius 1 is 1.12 bits per heavy atom. The van der Waals surface area contributed by atoms with Crippen LogP contribution in [0, 0.1) is 0 Å². The van der Waals surface area contributed by atoms with Crippen molar-refractivity contribution in [1.82, 2.24) is 10.3 Å². The maximum Gasteiger partial charge on any atom is 0.0937 e. The first-order valence-electron chi connectivity index (χ1n) is 5.78. The van der Waals surface area contributed by atoms with Gasteiger partial charge in [0.2, 0.25) is 0 Å². The fourth-order valence-corrected chi connectivity index (χ4v) is 2.23. The van der Waals surface area contributed by atoms with Crippen LogP contribution in [0.15, 0.2) is 35.8 Å². The fourth-order valence-electron chi connectivity index (χ4n) is 1.61. The van der Waals surface area contributed by atoms with Crippen molar-refractivity contribution >= 4 is 17.0 Å². The summed E-state index contributed by atoms with van der Waals surface area (Å²) in [6, 6.07) is 8.06. The summed E-state index contributed by atoms with van der Waals surface area (Å²) in [5, 5.41) is 6.64. The van der Waals surface area contributed by atoms with Gasteiger partial charge in [-0.15, -0.1) is 11.3 Å². The minimum atomic E-state index is 0.825. The SMILES string of the molecule is Nc1ccc(CCNCCc2nccs2)cc1. The topological polar surface area (TPSA) is 50.9 Å². The van der Waals surface area contributed by atoms with E-state index in [0.717, 1.165) is 31.6 Å². The molecular formula is C13H17N3S. The summed E-state index contributed by atoms with van der Waals surface area (Å²) in [4.78, 5) is 4.25. The van der Waals surface area contributed by atoms with E-state index < -0.39 is 0 Å². The van der Waals surface area contributed by atoms with Gasteiger partial charge in [0.1, 0.15) is 0 Å². The molecule has 90 valence electrons. The third-order valence-electron chi connectivity index (χ3n) is 2.57. The Balaban J connectivity index is 1.61. The maximum atomic E-state index is 5.64. The predicted octanol–water partition coefficient (Wildman–Crippen LogP) is 2.10. The molecule has 2 aromatic rings. The number of aromatic nitrogens is 1. The highest BCUT2D eigenvalue weighted by Gasteiger charge is 1.96. The van der Waals surface area contributed by atoms with Crippen molar-refractivity contribution in [2.75, 3.05) is 18.8 Å². The van der Waals surface area contributed by atoms with Crippen molar-refractivity contribution in [3.05, 3.63) is 46.4 Å². The molecular weight excluding hydrogens is 230 g/mol. The van der Waals surface area contributed by atoms with Crippen molar-refractivity contribution in [2.45, 2.75) is 12.8 Å². The van der Waals surface area contributed by atoms with Crippen LogP contribution in [0.1, 0.15) is 10.6 Å². The molecule has 0 fully saturated rings. The van der Waals surface area contributed by atoms with Crippen LogP contribution in [0.2, 0.25) is 0 Å². The van der Waals surface area contributed by atoms with Gasteiger partial charge < -0.3 is 11.1 Å². The summed E-state index contributed by atoms with van der Waals surface area (Å²) in [5.41, 5.74) is 7.78. The Morgan fingerprint density at radius 3 is 2.59 bits per heavy atom. The first-order chi connectivity index (χ1) is 8.34. The molecule has 0 saturated carbocycles. The summed E-state index contributed by atoms with van der Waals surface area (Å²) in [6.07, 6.45) is 3.91. The molecule has 0 aliphatic carbocycles. The molecule has 0 saturated heterocycles. The van der Waals surface area contributed by atoms with Crippen molar-refractivity contribution < 1.29 is 0 Å². The van der Waals surface area contributed by atoms with Crippen LogP contribution in [0.4, 0.5) is 5.69 Å². The smallest absolute Gasteiger partial charge is 0.0937 e. The minimum absolute atomic E-state index is 0.825. The van der Waals surface area contributed by atoms with Gasteiger partial charge in [-0.3, -0.25) is 0 Å². The van der Waals surface area contributed by atoms with Crippen LogP contribution in [0.5, 0.6) is 0 Å². The highest BCUT2D eigenvalue weighted by Crippen LogP contribution is 2.06. The van der Waals surface area contributed by atoms with Crippen molar-refractivity contribution in [3.63, 3.8) is 0 Å². The van der Waals surface area contributed by atoms with E-state index in [2.05, 4.69) is 22.4 Å². The lowest BCUT2D eigenvalue weighted by Gasteiger charge is -2.04. The van der Waals surface area contributed by atoms with Crippen LogP contribution in [-0.4, -0.2) is 18.1 Å². The quantitative estimate of drug-likeness (QED) is 0.607. The summed E-state index contributed by atoms with van der Waals surface area (Å²) in [5.74, 6) is 0. The van der Waals surface area contributed by atoms with Gasteiger partial charge in [-0.25, -0.2) is 4.98 Å². The van der Waals surface area contributed by atoms with E-state index in [0.29, 0.717) is 0 Å². The number of nitrogens with zero attached hydrogens (tertiary/aromatic N) is 1. The predicted molar refractivity (Wildman–Crippen MR) is 73.2 cm³/mol. The van der Waals surface area contributed by atoms with Crippen molar-refractivity contribution in [3.8, 4) is 0 Å². The van der Waals surface area contributed by atoms with Gasteiger partial charge >= 0.3 is 0 Å². The molecule has 1 aromatic heterocycles. The van der Waals surface area contributed by atoms with E-state index >= 15 is 0 Å². The van der Waals surface area contributed by atoms with Gasteiger partial charge in [-0.2, -0.15) is 0 Å². The largest absolute Gasteiger partial charge is 0.399 e. The van der Waals surface area contributed by atoms with Crippen LogP contribution in [-0.2, 0) is 12.8 Å². The molecule has 0 unspecified atom stereocenters. The van der Waals surface area contributed by atoms with E-state index in [1.54, 1.807) is 11.3 Å². The number of nitrogen functional groups attached to an aromatic ring is 1. The number of hydrogen-bond donors (Lipinski definition) is 2. The van der Waals surface area contributed by atoms with Gasteiger partial charge in [-0.05, 0) is 30.7 Å². The minimum Gasteiger partial charge on any atom is -0.399 e. The molecule has 17 heavy (non-hydrogen) atoms. The first kappa shape index (κ1) is 12.1. The third kappa shape index (κ3) is 4.17. The zero-order valence-electron chi connectivity index (χ0n) is 9.73. The lowest BCUT2D eigenvalue weighted by Crippen LogP contribution is -2.20. The number of rotatable bonds is 6. The molecule has 0 aliphatic rings. The molecule has 1 heterocycles. The summed E-state index contributed by atoms with van der Waals surface area (Å²) in [6.45, 7) is 1.98. The number of thiazole rings is 1. The lowest BCUT2D eigenvalue weighted by atomic mass is 10.1. The van der Waals surface area contributed by atoms with Crippen molar-refractivity contribution in [2.24, 2.45) is 0 Å². The average molecular weight is 247 g/mol. The Kier molecular flexibility index (Phi) is 4.53. The van der Waals surface area contributed by atoms with Gasteiger partial charge in [-0.1, -0.05) is 12.1 Å². The third-order valence-corrected chi connectivity index (χ3v) is 3.41. The number of anilines is 1. The lowest BCUT2D eigenvalue weighted by molar-refractivity contribution is 0.680. The van der Waals surface area contributed by atoms with E-state index in [1.807, 2.05) is 23.7 Å². The molecule has 0 bridgehead atoms. The van der Waals surface area contributed by atoms with Gasteiger partial charge in [0.15, 0.2) is 0 Å². The number of hydrogen-bond acceptors (Lipinski definition) is 4. The van der Waals surface area contributed by atoms with Crippen LogP contribution in [0.25, 0.3) is 0 Å².